The smallest absolute Gasteiger partial charge is 0.152 e. The van der Waals surface area contributed by atoms with Gasteiger partial charge < -0.3 is 0 Å². The molecule has 1 aromatic heterocycles. The molecule has 0 saturated carbocycles. The maximum Gasteiger partial charge on any atom is 0.152 e. The molecule has 0 saturated heterocycles. The number of thiazole rings is 1. The van der Waals surface area contributed by atoms with Gasteiger partial charge in [-0.15, -0.1) is 11.3 Å². The first-order valence-corrected chi connectivity index (χ1v) is 5.74. The van der Waals surface area contributed by atoms with Crippen LogP contribution in [0.5, 0.6) is 0 Å². The van der Waals surface area contributed by atoms with Crippen molar-refractivity contribution in [1.82, 2.24) is 4.98 Å². The highest BCUT2D eigenvalue weighted by Gasteiger charge is 2.29. The molecule has 0 spiro atoms. The molecule has 0 aromatic carbocycles. The van der Waals surface area contributed by atoms with Gasteiger partial charge in [0.1, 0.15) is 11.2 Å². The molecule has 1 aromatic rings. The molecule has 1 aliphatic heterocycles. The van der Waals surface area contributed by atoms with Crippen LogP contribution in [-0.4, -0.2) is 15.7 Å². The van der Waals surface area contributed by atoms with Crippen molar-refractivity contribution in [3.05, 3.63) is 16.1 Å². The molecule has 5 heteroatoms. The van der Waals surface area contributed by atoms with Crippen molar-refractivity contribution in [1.29, 1.82) is 0 Å². The maximum absolute atomic E-state index is 6.07. The van der Waals surface area contributed by atoms with E-state index in [1.165, 1.54) is 4.88 Å². The van der Waals surface area contributed by atoms with Crippen LogP contribution in [-0.2, 0) is 0 Å². The van der Waals surface area contributed by atoms with E-state index in [0.717, 1.165) is 12.1 Å². The molecule has 2 nitrogen and oxygen atoms in total. The van der Waals surface area contributed by atoms with Crippen LogP contribution in [0.4, 0.5) is 0 Å². The Balaban J connectivity index is 2.49. The number of nitrogens with zero attached hydrogens (tertiary/aromatic N) is 2. The van der Waals surface area contributed by atoms with Crippen molar-refractivity contribution in [2.75, 3.05) is 0 Å². The van der Waals surface area contributed by atoms with E-state index < -0.39 is 0 Å². The number of hydrogen-bond donors (Lipinski definition) is 0. The number of aromatic nitrogens is 1. The van der Waals surface area contributed by atoms with Crippen LogP contribution in [0.15, 0.2) is 10.5 Å². The molecular weight excluding hydrogens is 227 g/mol. The molecule has 0 aliphatic carbocycles. The van der Waals surface area contributed by atoms with E-state index in [2.05, 4.69) is 16.9 Å². The van der Waals surface area contributed by atoms with Crippen molar-refractivity contribution < 1.29 is 0 Å². The minimum absolute atomic E-state index is 0.231. The van der Waals surface area contributed by atoms with E-state index in [0.29, 0.717) is 5.17 Å². The van der Waals surface area contributed by atoms with Gasteiger partial charge in [-0.3, -0.25) is 4.99 Å². The van der Waals surface area contributed by atoms with Gasteiger partial charge in [-0.2, -0.15) is 0 Å². The molecule has 70 valence electrons. The van der Waals surface area contributed by atoms with Gasteiger partial charge in [0.25, 0.3) is 0 Å². The molecule has 1 aliphatic rings. The SMILES string of the molecule is CCC1c2scnc2C(Cl)=NC1Cl. The van der Waals surface area contributed by atoms with Gasteiger partial charge in [0.2, 0.25) is 0 Å². The Kier molecular flexibility index (Phi) is 2.58. The van der Waals surface area contributed by atoms with Gasteiger partial charge >= 0.3 is 0 Å². The fourth-order valence-corrected chi connectivity index (χ4v) is 3.28. The average molecular weight is 235 g/mol. The molecule has 0 fully saturated rings. The van der Waals surface area contributed by atoms with Crippen LogP contribution in [0.3, 0.4) is 0 Å². The summed E-state index contributed by atoms with van der Waals surface area (Å²) in [5.74, 6) is 0.270. The van der Waals surface area contributed by atoms with Crippen LogP contribution < -0.4 is 0 Å². The van der Waals surface area contributed by atoms with Crippen molar-refractivity contribution in [2.45, 2.75) is 24.8 Å². The van der Waals surface area contributed by atoms with Crippen molar-refractivity contribution in [3.8, 4) is 0 Å². The number of fused-ring (bicyclic) bond motifs is 1. The van der Waals surface area contributed by atoms with E-state index in [4.69, 9.17) is 23.2 Å². The Morgan fingerprint density at radius 3 is 3.08 bits per heavy atom. The van der Waals surface area contributed by atoms with Crippen LogP contribution >= 0.6 is 34.5 Å². The zero-order valence-corrected chi connectivity index (χ0v) is 9.33. The van der Waals surface area contributed by atoms with Crippen molar-refractivity contribution in [2.24, 2.45) is 4.99 Å². The fourth-order valence-electron chi connectivity index (χ4n) is 1.44. The largest absolute Gasteiger partial charge is 0.251 e. The van der Waals surface area contributed by atoms with E-state index in [1.54, 1.807) is 16.8 Å². The van der Waals surface area contributed by atoms with Crippen LogP contribution in [0.1, 0.15) is 29.8 Å². The van der Waals surface area contributed by atoms with Crippen molar-refractivity contribution in [3.63, 3.8) is 0 Å². The highest BCUT2D eigenvalue weighted by molar-refractivity contribution is 7.10. The standard InChI is InChI=1S/C8H8Cl2N2S/c1-2-4-6-5(11-3-13-6)8(10)12-7(4)9/h3-4,7H,2H2,1H3. The predicted molar refractivity (Wildman–Crippen MR) is 57.2 cm³/mol. The summed E-state index contributed by atoms with van der Waals surface area (Å²) >= 11 is 13.6. The Bertz CT molecular complexity index is 348. The second-order valence-electron chi connectivity index (χ2n) is 2.87. The number of aliphatic imine (C=N–C) groups is 1. The van der Waals surface area contributed by atoms with Gasteiger partial charge in [-0.25, -0.2) is 4.98 Å². The zero-order valence-electron chi connectivity index (χ0n) is 7.00. The van der Waals surface area contributed by atoms with Crippen molar-refractivity contribution >= 4 is 39.7 Å². The molecule has 13 heavy (non-hydrogen) atoms. The van der Waals surface area contributed by atoms with Gasteiger partial charge in [-0.1, -0.05) is 30.1 Å². The molecule has 2 heterocycles. The second-order valence-corrected chi connectivity index (χ2v) is 4.56. The number of halogens is 2. The van der Waals surface area contributed by atoms with Crippen LogP contribution in [0.2, 0.25) is 0 Å². The summed E-state index contributed by atoms with van der Waals surface area (Å²) in [6.45, 7) is 2.10. The van der Waals surface area contributed by atoms with Crippen LogP contribution in [0, 0.1) is 0 Å². The predicted octanol–water partition coefficient (Wildman–Crippen LogP) is 3.20. The number of rotatable bonds is 1. The quantitative estimate of drug-likeness (QED) is 0.542. The highest BCUT2D eigenvalue weighted by atomic mass is 35.5. The van der Waals surface area contributed by atoms with Gasteiger partial charge in [0.15, 0.2) is 5.17 Å². The minimum atomic E-state index is -0.231. The summed E-state index contributed by atoms with van der Waals surface area (Å²) in [6.07, 6.45) is 0.969. The molecular formula is C8H8Cl2N2S. The number of hydrogen-bond acceptors (Lipinski definition) is 3. The third kappa shape index (κ3) is 1.49. The van der Waals surface area contributed by atoms with Gasteiger partial charge in [0.05, 0.1) is 5.51 Å². The molecule has 0 bridgehead atoms. The summed E-state index contributed by atoms with van der Waals surface area (Å²) in [4.78, 5) is 9.48. The van der Waals surface area contributed by atoms with E-state index >= 15 is 0 Å². The van der Waals surface area contributed by atoms with Crippen LogP contribution in [0.25, 0.3) is 0 Å². The lowest BCUT2D eigenvalue weighted by atomic mass is 10.0. The summed E-state index contributed by atoms with van der Waals surface area (Å²) in [7, 11) is 0. The van der Waals surface area contributed by atoms with Gasteiger partial charge in [-0.05, 0) is 6.42 Å². The molecule has 2 rings (SSSR count). The van der Waals surface area contributed by atoms with Gasteiger partial charge in [0, 0.05) is 10.8 Å². The third-order valence-electron chi connectivity index (χ3n) is 2.14. The zero-order chi connectivity index (χ0) is 9.42. The molecule has 0 amide bonds. The second kappa shape index (κ2) is 3.56. The lowest BCUT2D eigenvalue weighted by molar-refractivity contribution is 0.635. The lowest BCUT2D eigenvalue weighted by Crippen LogP contribution is -2.18. The lowest BCUT2D eigenvalue weighted by Gasteiger charge is -2.21. The topological polar surface area (TPSA) is 25.2 Å². The molecule has 0 radical (unpaired) electrons. The minimum Gasteiger partial charge on any atom is -0.251 e. The fraction of sp³-hybridized carbons (Fsp3) is 0.500. The Labute approximate surface area is 90.6 Å². The number of alkyl halides is 1. The Morgan fingerprint density at radius 2 is 2.38 bits per heavy atom. The van der Waals surface area contributed by atoms with E-state index in [9.17, 15) is 0 Å². The van der Waals surface area contributed by atoms with E-state index in [-0.39, 0.29) is 11.4 Å². The molecule has 0 N–H and O–H groups in total. The highest BCUT2D eigenvalue weighted by Crippen LogP contribution is 2.37. The average Bonchev–Trinajstić information content (AvgIpc) is 2.53. The Hall–Kier alpha value is -0.120. The summed E-state index contributed by atoms with van der Waals surface area (Å²) < 4.78 is 0. The third-order valence-corrected chi connectivity index (χ3v) is 3.77. The first-order valence-electron chi connectivity index (χ1n) is 4.05. The first-order chi connectivity index (χ1) is 6.24. The van der Waals surface area contributed by atoms with E-state index in [1.807, 2.05) is 0 Å². The summed E-state index contributed by atoms with van der Waals surface area (Å²) in [6, 6.07) is 0. The normalized spacial score (nSPS) is 26.8. The first kappa shape index (κ1) is 9.44. The molecule has 2 unspecified atom stereocenters. The Morgan fingerprint density at radius 1 is 1.62 bits per heavy atom. The summed E-state index contributed by atoms with van der Waals surface area (Å²) in [5, 5.41) is 0.445. The molecule has 2 atom stereocenters. The monoisotopic (exact) mass is 234 g/mol. The maximum atomic E-state index is 6.07. The summed E-state index contributed by atoms with van der Waals surface area (Å²) in [5.41, 5.74) is 2.38.